The van der Waals surface area contributed by atoms with E-state index in [0.29, 0.717) is 0 Å². The summed E-state index contributed by atoms with van der Waals surface area (Å²) in [6.07, 6.45) is 1.03. The summed E-state index contributed by atoms with van der Waals surface area (Å²) in [4.78, 5) is 0. The molecule has 0 bridgehead atoms. The second kappa shape index (κ2) is 21.6. The van der Waals surface area contributed by atoms with E-state index in [9.17, 15) is 0 Å². The molecule has 0 aliphatic carbocycles. The van der Waals surface area contributed by atoms with Gasteiger partial charge in [0.05, 0.1) is 0 Å². The highest BCUT2D eigenvalue weighted by molar-refractivity contribution is 6.60. The van der Waals surface area contributed by atoms with E-state index in [1.807, 2.05) is 14.1 Å². The molecule has 0 aliphatic heterocycles. The maximum Gasteiger partial charge on any atom is 0.500 e. The highest BCUT2D eigenvalue weighted by Gasteiger charge is 2.36. The van der Waals surface area contributed by atoms with Crippen molar-refractivity contribution in [3.63, 3.8) is 0 Å². The Bertz CT molecular complexity index is 108. The number of hydrogen-bond acceptors (Lipinski definition) is 5. The smallest absolute Gasteiger partial charge is 0.397 e. The third-order valence-electron chi connectivity index (χ3n) is 1.49. The quantitative estimate of drug-likeness (QED) is 0.752. The van der Waals surface area contributed by atoms with Gasteiger partial charge in [0.25, 0.3) is 0 Å². The van der Waals surface area contributed by atoms with Crippen LogP contribution in [0.3, 0.4) is 0 Å². The first-order chi connectivity index (χ1) is 7.57. The molecule has 5 nitrogen and oxygen atoms in total. The molecule has 0 heterocycles. The van der Waals surface area contributed by atoms with Crippen molar-refractivity contribution < 1.29 is 18.4 Å². The van der Waals surface area contributed by atoms with Crippen molar-refractivity contribution in [1.82, 2.24) is 5.32 Å². The maximum absolute atomic E-state index is 7.57. The van der Waals surface area contributed by atoms with Crippen molar-refractivity contribution in [3.8, 4) is 0 Å². The minimum Gasteiger partial charge on any atom is -0.397 e. The number of aliphatic hydroxyl groups excluding tert-OH is 1. The Balaban J connectivity index is -0.000000102. The minimum absolute atomic E-state index is 0. The van der Waals surface area contributed by atoms with Crippen LogP contribution in [0.4, 0.5) is 0 Å². The van der Waals surface area contributed by atoms with E-state index < -0.39 is 8.80 Å². The zero-order valence-corrected chi connectivity index (χ0v) is 14.0. The summed E-state index contributed by atoms with van der Waals surface area (Å²) in [6, 6.07) is 0.885. The fraction of sp³-hybridized carbons (Fsp3) is 1.00. The van der Waals surface area contributed by atoms with Crippen molar-refractivity contribution in [3.05, 3.63) is 0 Å². The largest absolute Gasteiger partial charge is 0.500 e. The van der Waals surface area contributed by atoms with Crippen LogP contribution in [0.1, 0.15) is 20.3 Å². The van der Waals surface area contributed by atoms with Crippen molar-refractivity contribution >= 4 is 21.2 Å². The van der Waals surface area contributed by atoms with E-state index in [-0.39, 0.29) is 19.0 Å². The molecule has 0 aromatic rings. The normalized spacial score (nSPS) is 9.18. The lowest BCUT2D eigenvalue weighted by Gasteiger charge is -2.23. The fourth-order valence-electron chi connectivity index (χ4n) is 0.862. The highest BCUT2D eigenvalue weighted by atomic mass is 35.5. The molecule has 0 unspecified atom stereocenters. The van der Waals surface area contributed by atoms with E-state index in [0.717, 1.165) is 12.5 Å². The first kappa shape index (κ1) is 26.0. The third-order valence-corrected chi connectivity index (χ3v) is 4.47. The molecular formula is C10H30ClNO4Si. The third kappa shape index (κ3) is 18.8. The fourth-order valence-corrected chi connectivity index (χ4v) is 2.59. The predicted octanol–water partition coefficient (Wildman–Crippen LogP) is 1.53. The number of nitrogens with one attached hydrogen (secondary N) is 1. The molecule has 7 heteroatoms. The Morgan fingerprint density at radius 3 is 1.29 bits per heavy atom. The summed E-state index contributed by atoms with van der Waals surface area (Å²) < 4.78 is 15.5. The van der Waals surface area contributed by atoms with Gasteiger partial charge in [0.1, 0.15) is 0 Å². The van der Waals surface area contributed by atoms with Gasteiger partial charge in [-0.15, -0.1) is 12.4 Å². The van der Waals surface area contributed by atoms with Gasteiger partial charge in [-0.05, 0) is 21.0 Å². The lowest BCUT2D eigenvalue weighted by atomic mass is 10.6. The Hall–Kier alpha value is 0.307. The molecule has 110 valence electrons. The molecule has 2 N–H and O–H groups in total. The molecule has 0 saturated carbocycles. The van der Waals surface area contributed by atoms with Crippen LogP contribution in [0.5, 0.6) is 0 Å². The number of hydrogen-bond donors (Lipinski definition) is 2. The number of aliphatic hydroxyl groups is 1. The molecular weight excluding hydrogens is 262 g/mol. The molecule has 0 aromatic heterocycles. The topological polar surface area (TPSA) is 60.0 Å². The second-order valence-corrected chi connectivity index (χ2v) is 5.95. The van der Waals surface area contributed by atoms with Gasteiger partial charge in [-0.1, -0.05) is 13.3 Å². The lowest BCUT2D eigenvalue weighted by Crippen LogP contribution is -2.42. The van der Waals surface area contributed by atoms with Gasteiger partial charge in [0.2, 0.25) is 0 Å². The van der Waals surface area contributed by atoms with Crippen LogP contribution in [0, 0.1) is 0 Å². The Labute approximate surface area is 114 Å². The molecule has 0 fully saturated rings. The molecule has 0 aliphatic rings. The molecule has 0 atom stereocenters. The molecule has 0 amide bonds. The second-order valence-electron chi connectivity index (χ2n) is 2.86. The highest BCUT2D eigenvalue weighted by Crippen LogP contribution is 2.13. The van der Waals surface area contributed by atoms with Gasteiger partial charge in [-0.3, -0.25) is 0 Å². The Morgan fingerprint density at radius 2 is 1.24 bits per heavy atom. The first-order valence-electron chi connectivity index (χ1n) is 5.42. The average Bonchev–Trinajstić information content (AvgIpc) is 2.28. The molecule has 17 heavy (non-hydrogen) atoms. The van der Waals surface area contributed by atoms with Crippen LogP contribution in [0.25, 0.3) is 0 Å². The predicted molar refractivity (Wildman–Crippen MR) is 76.9 cm³/mol. The summed E-state index contributed by atoms with van der Waals surface area (Å²) in [7, 11) is 6.43. The summed E-state index contributed by atoms with van der Waals surface area (Å²) in [5.41, 5.74) is 0. The van der Waals surface area contributed by atoms with Gasteiger partial charge in [0, 0.05) is 34.0 Å². The summed E-state index contributed by atoms with van der Waals surface area (Å²) in [6.45, 7) is 4.01. The van der Waals surface area contributed by atoms with Crippen molar-refractivity contribution in [2.45, 2.75) is 26.3 Å². The van der Waals surface area contributed by atoms with Crippen LogP contribution in [-0.2, 0) is 13.3 Å². The van der Waals surface area contributed by atoms with Crippen LogP contribution >= 0.6 is 12.4 Å². The number of halogens is 1. The van der Waals surface area contributed by atoms with Gasteiger partial charge in [-0.25, -0.2) is 0 Å². The summed E-state index contributed by atoms with van der Waals surface area (Å²) in [5.74, 6) is 0. The standard InChI is InChI=1S/C6H16O3Si.C2H7N.C2H6O.ClH/c1-5-6-10(7-2,8-3)9-4;1-3-2;1-2-3;/h5-6H2,1-4H3;3H,1-2H3;3H,2H2,1H3;1H. The van der Waals surface area contributed by atoms with E-state index in [4.69, 9.17) is 18.4 Å². The lowest BCUT2D eigenvalue weighted by molar-refractivity contribution is 0.123. The number of rotatable bonds is 5. The summed E-state index contributed by atoms with van der Waals surface area (Å²) >= 11 is 0. The molecule has 0 rings (SSSR count). The molecule has 0 spiro atoms. The van der Waals surface area contributed by atoms with Crippen molar-refractivity contribution in [1.29, 1.82) is 0 Å². The van der Waals surface area contributed by atoms with Gasteiger partial charge < -0.3 is 23.7 Å². The van der Waals surface area contributed by atoms with Gasteiger partial charge >= 0.3 is 8.80 Å². The molecule has 0 saturated heterocycles. The first-order valence-corrected chi connectivity index (χ1v) is 7.35. The van der Waals surface area contributed by atoms with Crippen LogP contribution < -0.4 is 5.32 Å². The van der Waals surface area contributed by atoms with Crippen molar-refractivity contribution in [2.75, 3.05) is 42.0 Å². The average molecular weight is 292 g/mol. The van der Waals surface area contributed by atoms with Gasteiger partial charge in [0.15, 0.2) is 0 Å². The minimum atomic E-state index is -2.22. The van der Waals surface area contributed by atoms with Crippen LogP contribution in [0.2, 0.25) is 6.04 Å². The maximum atomic E-state index is 7.57. The van der Waals surface area contributed by atoms with Crippen LogP contribution in [0.15, 0.2) is 0 Å². The van der Waals surface area contributed by atoms with E-state index in [1.54, 1.807) is 28.3 Å². The van der Waals surface area contributed by atoms with E-state index >= 15 is 0 Å². The SMILES string of the molecule is CCC[Si](OC)(OC)OC.CCO.CNC.Cl. The zero-order chi connectivity index (χ0) is 13.4. The monoisotopic (exact) mass is 291 g/mol. The van der Waals surface area contributed by atoms with Gasteiger partial charge in [-0.2, -0.15) is 0 Å². The van der Waals surface area contributed by atoms with Crippen LogP contribution in [-0.4, -0.2) is 55.9 Å². The van der Waals surface area contributed by atoms with E-state index in [2.05, 4.69) is 12.2 Å². The molecule has 0 aromatic carbocycles. The van der Waals surface area contributed by atoms with E-state index in [1.165, 1.54) is 0 Å². The summed E-state index contributed by atoms with van der Waals surface area (Å²) in [5, 5.41) is 10.3. The zero-order valence-electron chi connectivity index (χ0n) is 12.2. The Kier molecular flexibility index (Phi) is 33.0. The Morgan fingerprint density at radius 1 is 1.00 bits per heavy atom. The van der Waals surface area contributed by atoms with Crippen molar-refractivity contribution in [2.24, 2.45) is 0 Å². The molecule has 0 radical (unpaired) electrons.